The molecule has 30 heavy (non-hydrogen) atoms. The zero-order valence-electron chi connectivity index (χ0n) is 17.1. The number of ether oxygens (including phenoxy) is 1. The summed E-state index contributed by atoms with van der Waals surface area (Å²) in [6.07, 6.45) is 0.839. The monoisotopic (exact) mass is 460 g/mol. The van der Waals surface area contributed by atoms with Gasteiger partial charge in [0.2, 0.25) is 21.8 Å². The van der Waals surface area contributed by atoms with Crippen LogP contribution in [0.5, 0.6) is 0 Å². The number of nitrogens with zero attached hydrogens (tertiary/aromatic N) is 2. The number of piperazine rings is 1. The number of methoxy groups -OCH3 is 1. The van der Waals surface area contributed by atoms with Crippen LogP contribution < -0.4 is 10.0 Å². The van der Waals surface area contributed by atoms with Gasteiger partial charge in [-0.1, -0.05) is 17.7 Å². The number of amides is 2. The predicted molar refractivity (Wildman–Crippen MR) is 114 cm³/mol. The first-order valence-corrected chi connectivity index (χ1v) is 11.7. The fraction of sp³-hybridized carbons (Fsp3) is 0.579. The Balaban J connectivity index is 1.67. The standard InChI is InChI=1S/C19H29ClN4O5S/c1-29-13-3-7-21-18(25)15-23-9-11-24(12-10-23)19(26)6-8-22-30(27,28)17-5-2-4-16(20)14-17/h2,4-5,14,22H,3,6-13,15H2,1H3,(H,21,25). The van der Waals surface area contributed by atoms with E-state index >= 15 is 0 Å². The van der Waals surface area contributed by atoms with Gasteiger partial charge >= 0.3 is 0 Å². The number of nitrogens with one attached hydrogen (secondary N) is 2. The lowest BCUT2D eigenvalue weighted by Gasteiger charge is -2.34. The summed E-state index contributed by atoms with van der Waals surface area (Å²) in [4.78, 5) is 28.0. The van der Waals surface area contributed by atoms with Crippen molar-refractivity contribution in [2.24, 2.45) is 0 Å². The lowest BCUT2D eigenvalue weighted by atomic mass is 10.2. The van der Waals surface area contributed by atoms with Gasteiger partial charge in [-0.05, 0) is 24.6 Å². The molecule has 1 fully saturated rings. The van der Waals surface area contributed by atoms with Crippen molar-refractivity contribution in [3.8, 4) is 0 Å². The summed E-state index contributed by atoms with van der Waals surface area (Å²) < 4.78 is 31.9. The zero-order valence-corrected chi connectivity index (χ0v) is 18.7. The molecule has 1 aromatic carbocycles. The van der Waals surface area contributed by atoms with Crippen molar-refractivity contribution in [1.82, 2.24) is 19.8 Å². The van der Waals surface area contributed by atoms with Crippen molar-refractivity contribution in [1.29, 1.82) is 0 Å². The smallest absolute Gasteiger partial charge is 0.240 e. The molecule has 1 aliphatic heterocycles. The lowest BCUT2D eigenvalue weighted by Crippen LogP contribution is -2.51. The molecule has 2 N–H and O–H groups in total. The molecule has 1 aromatic rings. The Kier molecular flexibility index (Phi) is 9.99. The second kappa shape index (κ2) is 12.2. The van der Waals surface area contributed by atoms with E-state index in [1.807, 2.05) is 4.90 Å². The van der Waals surface area contributed by atoms with Crippen LogP contribution >= 0.6 is 11.6 Å². The molecule has 0 bridgehead atoms. The van der Waals surface area contributed by atoms with E-state index in [2.05, 4.69) is 10.0 Å². The van der Waals surface area contributed by atoms with Crippen LogP contribution in [0.4, 0.5) is 0 Å². The summed E-state index contributed by atoms with van der Waals surface area (Å²) in [6.45, 7) is 3.73. The van der Waals surface area contributed by atoms with E-state index in [0.29, 0.717) is 50.9 Å². The fourth-order valence-electron chi connectivity index (χ4n) is 3.03. The molecule has 168 valence electrons. The molecule has 2 amide bonds. The van der Waals surface area contributed by atoms with E-state index in [0.717, 1.165) is 6.42 Å². The third-order valence-corrected chi connectivity index (χ3v) is 6.37. The minimum Gasteiger partial charge on any atom is -0.385 e. The molecule has 9 nitrogen and oxygen atoms in total. The molecule has 0 spiro atoms. The van der Waals surface area contributed by atoms with Crippen molar-refractivity contribution in [3.05, 3.63) is 29.3 Å². The molecule has 0 aliphatic carbocycles. The van der Waals surface area contributed by atoms with Gasteiger partial charge in [-0.15, -0.1) is 0 Å². The van der Waals surface area contributed by atoms with Gasteiger partial charge in [0.15, 0.2) is 0 Å². The molecule has 0 radical (unpaired) electrons. The summed E-state index contributed by atoms with van der Waals surface area (Å²) in [6, 6.07) is 5.96. The topological polar surface area (TPSA) is 108 Å². The molecule has 11 heteroatoms. The maximum Gasteiger partial charge on any atom is 0.240 e. The van der Waals surface area contributed by atoms with Gasteiger partial charge in [-0.3, -0.25) is 14.5 Å². The number of halogens is 1. The second-order valence-corrected chi connectivity index (χ2v) is 9.16. The number of carbonyl (C=O) groups is 2. The molecule has 0 unspecified atom stereocenters. The van der Waals surface area contributed by atoms with Crippen LogP contribution in [-0.4, -0.2) is 89.6 Å². The molecule has 1 aliphatic rings. The van der Waals surface area contributed by atoms with E-state index in [4.69, 9.17) is 16.3 Å². The minimum atomic E-state index is -3.71. The van der Waals surface area contributed by atoms with E-state index in [9.17, 15) is 18.0 Å². The Hall–Kier alpha value is -1.72. The maximum atomic E-state index is 12.4. The number of rotatable bonds is 11. The Bertz CT molecular complexity index is 813. The van der Waals surface area contributed by atoms with Crippen LogP contribution in [0.15, 0.2) is 29.2 Å². The first-order valence-electron chi connectivity index (χ1n) is 9.83. The summed E-state index contributed by atoms with van der Waals surface area (Å²) in [5, 5.41) is 3.17. The SMILES string of the molecule is COCCCNC(=O)CN1CCN(C(=O)CCNS(=O)(=O)c2cccc(Cl)c2)CC1. The average Bonchev–Trinajstić information content (AvgIpc) is 2.71. The Labute approximate surface area is 182 Å². The van der Waals surface area contributed by atoms with Gasteiger partial charge in [0, 0.05) is 64.4 Å². The van der Waals surface area contributed by atoms with Gasteiger partial charge < -0.3 is 15.0 Å². The van der Waals surface area contributed by atoms with Crippen molar-refractivity contribution in [2.75, 3.05) is 59.5 Å². The number of carbonyl (C=O) groups excluding carboxylic acids is 2. The van der Waals surface area contributed by atoms with Crippen LogP contribution in [0.2, 0.25) is 5.02 Å². The van der Waals surface area contributed by atoms with Gasteiger partial charge in [-0.25, -0.2) is 13.1 Å². The van der Waals surface area contributed by atoms with Crippen LogP contribution in [0.1, 0.15) is 12.8 Å². The van der Waals surface area contributed by atoms with E-state index in [1.165, 1.54) is 12.1 Å². The number of hydrogen-bond acceptors (Lipinski definition) is 6. The first-order chi connectivity index (χ1) is 14.3. The van der Waals surface area contributed by atoms with Gasteiger partial charge in [0.05, 0.1) is 11.4 Å². The number of sulfonamides is 1. The van der Waals surface area contributed by atoms with Crippen LogP contribution in [0.25, 0.3) is 0 Å². The molecular formula is C19H29ClN4O5S. The Morgan fingerprint density at radius 2 is 1.90 bits per heavy atom. The summed E-state index contributed by atoms with van der Waals surface area (Å²) in [5.74, 6) is -0.159. The molecule has 0 atom stereocenters. The molecule has 0 saturated carbocycles. The lowest BCUT2D eigenvalue weighted by molar-refractivity contribution is -0.133. The highest BCUT2D eigenvalue weighted by molar-refractivity contribution is 7.89. The Morgan fingerprint density at radius 1 is 1.17 bits per heavy atom. The number of benzene rings is 1. The highest BCUT2D eigenvalue weighted by atomic mass is 35.5. The van der Waals surface area contributed by atoms with Crippen molar-refractivity contribution in [3.63, 3.8) is 0 Å². The minimum absolute atomic E-state index is 0.0117. The fourth-order valence-corrected chi connectivity index (χ4v) is 4.36. The van der Waals surface area contributed by atoms with Crippen LogP contribution in [0.3, 0.4) is 0 Å². The highest BCUT2D eigenvalue weighted by Crippen LogP contribution is 2.15. The van der Waals surface area contributed by atoms with E-state index in [-0.39, 0.29) is 29.7 Å². The van der Waals surface area contributed by atoms with Gasteiger partial charge in [0.1, 0.15) is 0 Å². The molecular weight excluding hydrogens is 432 g/mol. The van der Waals surface area contributed by atoms with Crippen LogP contribution in [0, 0.1) is 0 Å². The average molecular weight is 461 g/mol. The molecule has 1 saturated heterocycles. The summed E-state index contributed by atoms with van der Waals surface area (Å²) in [5.41, 5.74) is 0. The second-order valence-electron chi connectivity index (χ2n) is 6.96. The maximum absolute atomic E-state index is 12.4. The first kappa shape index (κ1) is 24.5. The largest absolute Gasteiger partial charge is 0.385 e. The summed E-state index contributed by atoms with van der Waals surface area (Å²) in [7, 11) is -2.09. The zero-order chi connectivity index (χ0) is 22.0. The van der Waals surface area contributed by atoms with Crippen LogP contribution in [-0.2, 0) is 24.3 Å². The van der Waals surface area contributed by atoms with Gasteiger partial charge in [-0.2, -0.15) is 0 Å². The third-order valence-electron chi connectivity index (χ3n) is 4.68. The highest BCUT2D eigenvalue weighted by Gasteiger charge is 2.23. The van der Waals surface area contributed by atoms with Gasteiger partial charge in [0.25, 0.3) is 0 Å². The predicted octanol–water partition coefficient (Wildman–Crippen LogP) is 0.305. The molecule has 1 heterocycles. The quantitative estimate of drug-likeness (QED) is 0.460. The number of hydrogen-bond donors (Lipinski definition) is 2. The molecule has 0 aromatic heterocycles. The van der Waals surface area contributed by atoms with E-state index < -0.39 is 10.0 Å². The third kappa shape index (κ3) is 8.19. The van der Waals surface area contributed by atoms with Crippen molar-refractivity contribution in [2.45, 2.75) is 17.7 Å². The summed E-state index contributed by atoms with van der Waals surface area (Å²) >= 11 is 5.83. The van der Waals surface area contributed by atoms with Crippen molar-refractivity contribution < 1.29 is 22.7 Å². The normalized spacial score (nSPS) is 15.2. The van der Waals surface area contributed by atoms with E-state index in [1.54, 1.807) is 24.1 Å². The molecule has 2 rings (SSSR count). The Morgan fingerprint density at radius 3 is 2.57 bits per heavy atom. The van der Waals surface area contributed by atoms with Crippen molar-refractivity contribution >= 4 is 33.4 Å².